The molecule has 3 N–H and O–H groups in total. The van der Waals surface area contributed by atoms with Crippen LogP contribution in [0.5, 0.6) is 5.75 Å². The first-order valence-corrected chi connectivity index (χ1v) is 4.97. The number of carbonyl (C=O) groups excluding carboxylic acids is 1. The molecule has 0 aliphatic rings. The van der Waals surface area contributed by atoms with Crippen LogP contribution in [0, 0.1) is 0 Å². The van der Waals surface area contributed by atoms with Gasteiger partial charge in [0, 0.05) is 5.02 Å². The Kier molecular flexibility index (Phi) is 4.39. The van der Waals surface area contributed by atoms with Crippen molar-refractivity contribution in [1.82, 2.24) is 5.43 Å². The van der Waals surface area contributed by atoms with Gasteiger partial charge in [0.2, 0.25) is 0 Å². The number of hydrogen-bond acceptors (Lipinski definition) is 3. The third-order valence-electron chi connectivity index (χ3n) is 1.90. The van der Waals surface area contributed by atoms with Crippen molar-refractivity contribution in [3.05, 3.63) is 29.3 Å². The van der Waals surface area contributed by atoms with Crippen LogP contribution in [-0.4, -0.2) is 12.0 Å². The minimum atomic E-state index is -0.573. The highest BCUT2D eigenvalue weighted by atomic mass is 35.5. The molecule has 0 aliphatic carbocycles. The molecule has 0 saturated carbocycles. The summed E-state index contributed by atoms with van der Waals surface area (Å²) in [5.41, 5.74) is 2.06. The highest BCUT2D eigenvalue weighted by Crippen LogP contribution is 2.17. The number of benzene rings is 1. The smallest absolute Gasteiger partial charge is 0.274 e. The number of amides is 1. The van der Waals surface area contributed by atoms with Gasteiger partial charge in [0.05, 0.1) is 0 Å². The number of rotatable bonds is 4. The molecular weight excluding hydrogens is 216 g/mol. The molecule has 0 fully saturated rings. The van der Waals surface area contributed by atoms with Crippen LogP contribution in [0.3, 0.4) is 0 Å². The number of hydrazine groups is 1. The lowest BCUT2D eigenvalue weighted by Gasteiger charge is -2.15. The van der Waals surface area contributed by atoms with Gasteiger partial charge in [-0.2, -0.15) is 0 Å². The molecule has 0 radical (unpaired) electrons. The molecule has 1 aromatic rings. The van der Waals surface area contributed by atoms with E-state index in [1.807, 2.05) is 6.92 Å². The molecule has 0 saturated heterocycles. The number of halogens is 1. The van der Waals surface area contributed by atoms with Crippen molar-refractivity contribution in [3.63, 3.8) is 0 Å². The largest absolute Gasteiger partial charge is 0.481 e. The van der Waals surface area contributed by atoms with E-state index in [-0.39, 0.29) is 5.91 Å². The fraction of sp³-hybridized carbons (Fsp3) is 0.300. The second-order valence-electron chi connectivity index (χ2n) is 2.98. The molecule has 1 amide bonds. The molecule has 1 aromatic carbocycles. The molecule has 4 nitrogen and oxygen atoms in total. The number of ether oxygens (including phenoxy) is 1. The summed E-state index contributed by atoms with van der Waals surface area (Å²) in [5, 5.41) is 0.624. The fourth-order valence-corrected chi connectivity index (χ4v) is 1.22. The second kappa shape index (κ2) is 5.58. The van der Waals surface area contributed by atoms with Crippen molar-refractivity contribution >= 4 is 17.5 Å². The molecule has 15 heavy (non-hydrogen) atoms. The predicted octanol–water partition coefficient (Wildman–Crippen LogP) is 1.49. The average Bonchev–Trinajstić information content (AvgIpc) is 2.27. The Balaban J connectivity index is 2.66. The predicted molar refractivity (Wildman–Crippen MR) is 58.5 cm³/mol. The van der Waals surface area contributed by atoms with Crippen molar-refractivity contribution in [1.29, 1.82) is 0 Å². The first-order chi connectivity index (χ1) is 7.17. The van der Waals surface area contributed by atoms with E-state index in [2.05, 4.69) is 5.43 Å². The standard InChI is InChI=1S/C10H13ClN2O2/c1-2-9(10(14)13-12)15-8-5-3-7(11)4-6-8/h3-6,9H,2,12H2,1H3,(H,13,14). The van der Waals surface area contributed by atoms with Crippen LogP contribution in [0.2, 0.25) is 5.02 Å². The zero-order chi connectivity index (χ0) is 11.3. The summed E-state index contributed by atoms with van der Waals surface area (Å²) in [6.07, 6.45) is -0.0257. The molecular formula is C10H13ClN2O2. The molecule has 82 valence electrons. The number of hydrogen-bond donors (Lipinski definition) is 2. The van der Waals surface area contributed by atoms with Gasteiger partial charge in [-0.3, -0.25) is 10.2 Å². The number of nitrogens with one attached hydrogen (secondary N) is 1. The highest BCUT2D eigenvalue weighted by Gasteiger charge is 2.16. The van der Waals surface area contributed by atoms with Gasteiger partial charge in [0.1, 0.15) is 5.75 Å². The maximum Gasteiger partial charge on any atom is 0.274 e. The highest BCUT2D eigenvalue weighted by molar-refractivity contribution is 6.30. The van der Waals surface area contributed by atoms with Gasteiger partial charge < -0.3 is 4.74 Å². The van der Waals surface area contributed by atoms with E-state index < -0.39 is 6.10 Å². The van der Waals surface area contributed by atoms with E-state index >= 15 is 0 Å². The maximum atomic E-state index is 11.2. The third-order valence-corrected chi connectivity index (χ3v) is 2.15. The molecule has 0 aromatic heterocycles. The molecule has 0 aliphatic heterocycles. The zero-order valence-corrected chi connectivity index (χ0v) is 9.12. The topological polar surface area (TPSA) is 64.3 Å². The van der Waals surface area contributed by atoms with E-state index in [0.717, 1.165) is 0 Å². The summed E-state index contributed by atoms with van der Waals surface area (Å²) >= 11 is 5.72. The van der Waals surface area contributed by atoms with Crippen LogP contribution < -0.4 is 16.0 Å². The Morgan fingerprint density at radius 1 is 1.53 bits per heavy atom. The first kappa shape index (κ1) is 11.8. The van der Waals surface area contributed by atoms with Crippen LogP contribution in [-0.2, 0) is 4.79 Å². The van der Waals surface area contributed by atoms with Crippen molar-refractivity contribution in [2.75, 3.05) is 0 Å². The van der Waals surface area contributed by atoms with Gasteiger partial charge in [-0.25, -0.2) is 5.84 Å². The van der Waals surface area contributed by atoms with Crippen LogP contribution in [0.1, 0.15) is 13.3 Å². The summed E-state index contributed by atoms with van der Waals surface area (Å²) in [6.45, 7) is 1.84. The van der Waals surface area contributed by atoms with E-state index in [1.54, 1.807) is 24.3 Å². The van der Waals surface area contributed by atoms with Gasteiger partial charge in [-0.15, -0.1) is 0 Å². The lowest BCUT2D eigenvalue weighted by Crippen LogP contribution is -2.41. The Morgan fingerprint density at radius 3 is 2.60 bits per heavy atom. The summed E-state index contributed by atoms with van der Waals surface area (Å²) in [7, 11) is 0. The van der Waals surface area contributed by atoms with E-state index in [0.29, 0.717) is 17.2 Å². The molecule has 0 spiro atoms. The molecule has 1 unspecified atom stereocenters. The maximum absolute atomic E-state index is 11.2. The Bertz CT molecular complexity index is 327. The quantitative estimate of drug-likeness (QED) is 0.466. The van der Waals surface area contributed by atoms with Crippen LogP contribution in [0.15, 0.2) is 24.3 Å². The molecule has 0 heterocycles. The van der Waals surface area contributed by atoms with Crippen molar-refractivity contribution in [2.45, 2.75) is 19.4 Å². The summed E-state index contributed by atoms with van der Waals surface area (Å²) in [5.74, 6) is 5.28. The SMILES string of the molecule is CCC(Oc1ccc(Cl)cc1)C(=O)NN. The van der Waals surface area contributed by atoms with Crippen molar-refractivity contribution in [3.8, 4) is 5.75 Å². The van der Waals surface area contributed by atoms with Gasteiger partial charge >= 0.3 is 0 Å². The molecule has 5 heteroatoms. The van der Waals surface area contributed by atoms with Crippen LogP contribution in [0.4, 0.5) is 0 Å². The normalized spacial score (nSPS) is 11.9. The van der Waals surface area contributed by atoms with Gasteiger partial charge in [-0.05, 0) is 30.7 Å². The molecule has 0 bridgehead atoms. The molecule has 1 rings (SSSR count). The van der Waals surface area contributed by atoms with Gasteiger partial charge in [0.15, 0.2) is 6.10 Å². The summed E-state index contributed by atoms with van der Waals surface area (Å²) in [6, 6.07) is 6.80. The number of nitrogens with two attached hydrogens (primary N) is 1. The van der Waals surface area contributed by atoms with Crippen LogP contribution >= 0.6 is 11.6 Å². The monoisotopic (exact) mass is 228 g/mol. The lowest BCUT2D eigenvalue weighted by molar-refractivity contribution is -0.128. The van der Waals surface area contributed by atoms with E-state index in [4.69, 9.17) is 22.2 Å². The van der Waals surface area contributed by atoms with Gasteiger partial charge in [0.25, 0.3) is 5.91 Å². The minimum absolute atomic E-state index is 0.340. The minimum Gasteiger partial charge on any atom is -0.481 e. The Hall–Kier alpha value is -1.26. The summed E-state index contributed by atoms with van der Waals surface area (Å²) in [4.78, 5) is 11.2. The Labute approximate surface area is 93.3 Å². The first-order valence-electron chi connectivity index (χ1n) is 4.60. The van der Waals surface area contributed by atoms with Gasteiger partial charge in [-0.1, -0.05) is 18.5 Å². The molecule has 1 atom stereocenters. The zero-order valence-electron chi connectivity index (χ0n) is 8.37. The van der Waals surface area contributed by atoms with Crippen molar-refractivity contribution in [2.24, 2.45) is 5.84 Å². The van der Waals surface area contributed by atoms with E-state index in [9.17, 15) is 4.79 Å². The average molecular weight is 229 g/mol. The van der Waals surface area contributed by atoms with Crippen molar-refractivity contribution < 1.29 is 9.53 Å². The van der Waals surface area contributed by atoms with Crippen LogP contribution in [0.25, 0.3) is 0 Å². The second-order valence-corrected chi connectivity index (χ2v) is 3.41. The van der Waals surface area contributed by atoms with E-state index in [1.165, 1.54) is 0 Å². The number of carbonyl (C=O) groups is 1. The Morgan fingerprint density at radius 2 is 2.13 bits per heavy atom. The lowest BCUT2D eigenvalue weighted by atomic mass is 10.2. The third kappa shape index (κ3) is 3.42. The fourth-order valence-electron chi connectivity index (χ4n) is 1.09. The summed E-state index contributed by atoms with van der Waals surface area (Å²) < 4.78 is 5.42.